The van der Waals surface area contributed by atoms with Crippen molar-refractivity contribution >= 4 is 33.8 Å². The molecule has 7 rings (SSSR count). The quantitative estimate of drug-likeness (QED) is 0.368. The highest BCUT2D eigenvalue weighted by Crippen LogP contribution is 2.50. The van der Waals surface area contributed by atoms with E-state index >= 15 is 0 Å². The summed E-state index contributed by atoms with van der Waals surface area (Å²) in [6.07, 6.45) is 5.89. The third-order valence-electron chi connectivity index (χ3n) is 12.3. The predicted molar refractivity (Wildman–Crippen MR) is 196 cm³/mol. The van der Waals surface area contributed by atoms with Gasteiger partial charge < -0.3 is 19.7 Å². The lowest BCUT2D eigenvalue weighted by molar-refractivity contribution is -0.145. The summed E-state index contributed by atoms with van der Waals surface area (Å²) in [5.74, 6) is -1.87. The van der Waals surface area contributed by atoms with Crippen LogP contribution in [-0.4, -0.2) is 89.4 Å². The van der Waals surface area contributed by atoms with E-state index in [1.807, 2.05) is 39.8 Å². The third-order valence-corrected chi connectivity index (χ3v) is 14.1. The van der Waals surface area contributed by atoms with Gasteiger partial charge in [0.2, 0.25) is 21.8 Å². The molecule has 3 aliphatic carbocycles. The highest BCUT2D eigenvalue weighted by atomic mass is 32.2. The molecule has 53 heavy (non-hydrogen) atoms. The number of aryl methyl sites for hydroxylation is 1. The standard InChI is InChI=1S/C39H55N5O8S/c1-7-26-19-39(26,35(47)42-53(49,50)29-15-16-29)41-33(45)31-17-28-21-44(31)34(46)32(37(3,4)5)40-23(2)52-38(6)18-27(38)14-9-8-11-24-12-10-13-25-20-43(22-30(24)25)36(48)51-28/h7,10,12-13,23,26-29,31-32,40H,1,8-9,11,14-22H2,2-6H3,(H,41,45)(H,42,47). The summed E-state index contributed by atoms with van der Waals surface area (Å²) in [5.41, 5.74) is 1.07. The van der Waals surface area contributed by atoms with Crippen molar-refractivity contribution in [3.8, 4) is 0 Å². The SMILES string of the molecule is C=CC1CC1(NC(=O)C1CC2CN1C(=O)C(C(C)(C)C)NC(C)OC1(C)CC1CCCCc1cccc3c1CN(C3)C(=O)O2)C(=O)NS(=O)(=O)C1CC1. The van der Waals surface area contributed by atoms with E-state index in [4.69, 9.17) is 9.47 Å². The van der Waals surface area contributed by atoms with Gasteiger partial charge >= 0.3 is 6.09 Å². The first-order valence-corrected chi connectivity index (χ1v) is 20.8. The molecule has 6 aliphatic rings. The molecule has 0 spiro atoms. The monoisotopic (exact) mass is 753 g/mol. The fourth-order valence-corrected chi connectivity index (χ4v) is 10.0. The van der Waals surface area contributed by atoms with Crippen molar-refractivity contribution in [1.29, 1.82) is 0 Å². The van der Waals surface area contributed by atoms with Gasteiger partial charge in [-0.05, 0) is 86.8 Å². The zero-order chi connectivity index (χ0) is 38.1. The van der Waals surface area contributed by atoms with Crippen LogP contribution in [0.4, 0.5) is 4.79 Å². The number of fused-ring (bicyclic) bond motifs is 4. The number of rotatable bonds is 6. The molecular formula is C39H55N5O8S. The van der Waals surface area contributed by atoms with Crippen molar-refractivity contribution in [3.63, 3.8) is 0 Å². The van der Waals surface area contributed by atoms with E-state index in [0.29, 0.717) is 31.8 Å². The average molecular weight is 754 g/mol. The second-order valence-electron chi connectivity index (χ2n) is 17.5. The third kappa shape index (κ3) is 7.60. The first-order valence-electron chi connectivity index (χ1n) is 19.2. The number of hydrogen-bond donors (Lipinski definition) is 3. The lowest BCUT2D eigenvalue weighted by Gasteiger charge is -2.37. The van der Waals surface area contributed by atoms with Gasteiger partial charge in [0.1, 0.15) is 23.9 Å². The number of nitrogens with zero attached hydrogens (tertiary/aromatic N) is 2. The molecule has 0 radical (unpaired) electrons. The van der Waals surface area contributed by atoms with Crippen molar-refractivity contribution in [2.45, 2.75) is 146 Å². The molecule has 3 N–H and O–H groups in total. The largest absolute Gasteiger partial charge is 0.444 e. The van der Waals surface area contributed by atoms with E-state index in [1.54, 1.807) is 4.90 Å². The molecule has 4 fully saturated rings. The molecule has 4 bridgehead atoms. The number of nitrogens with one attached hydrogen (secondary N) is 3. The van der Waals surface area contributed by atoms with Gasteiger partial charge in [-0.15, -0.1) is 6.58 Å². The van der Waals surface area contributed by atoms with Gasteiger partial charge in [0.25, 0.3) is 5.91 Å². The number of sulfonamides is 1. The molecule has 3 aliphatic heterocycles. The van der Waals surface area contributed by atoms with Gasteiger partial charge in [0.15, 0.2) is 0 Å². The molecule has 0 aromatic heterocycles. The average Bonchev–Trinajstić information content (AvgIpc) is 4.04. The number of carbonyl (C=O) groups is 4. The molecule has 8 unspecified atom stereocenters. The summed E-state index contributed by atoms with van der Waals surface area (Å²) in [5, 5.41) is 5.63. The maximum Gasteiger partial charge on any atom is 0.410 e. The van der Waals surface area contributed by atoms with Crippen LogP contribution in [0.25, 0.3) is 0 Å². The van der Waals surface area contributed by atoms with Crippen molar-refractivity contribution in [3.05, 3.63) is 47.5 Å². The Morgan fingerprint density at radius 3 is 2.49 bits per heavy atom. The molecule has 4 amide bonds. The van der Waals surface area contributed by atoms with Crippen LogP contribution in [0.5, 0.6) is 0 Å². The van der Waals surface area contributed by atoms with Crippen LogP contribution in [0.15, 0.2) is 30.9 Å². The minimum absolute atomic E-state index is 0.00878. The molecule has 290 valence electrons. The number of hydrogen-bond acceptors (Lipinski definition) is 9. The van der Waals surface area contributed by atoms with Gasteiger partial charge in [-0.25, -0.2) is 13.2 Å². The van der Waals surface area contributed by atoms with Crippen LogP contribution in [0.1, 0.15) is 103 Å². The number of carbonyl (C=O) groups excluding carboxylic acids is 4. The minimum atomic E-state index is -3.88. The smallest absolute Gasteiger partial charge is 0.410 e. The van der Waals surface area contributed by atoms with Crippen LogP contribution in [0, 0.1) is 17.3 Å². The summed E-state index contributed by atoms with van der Waals surface area (Å²) in [7, 11) is -3.88. The van der Waals surface area contributed by atoms with Crippen molar-refractivity contribution < 1.29 is 37.1 Å². The number of amides is 4. The summed E-state index contributed by atoms with van der Waals surface area (Å²) in [6, 6.07) is 4.35. The first-order chi connectivity index (χ1) is 24.9. The van der Waals surface area contributed by atoms with Crippen molar-refractivity contribution in [1.82, 2.24) is 25.2 Å². The highest BCUT2D eigenvalue weighted by Gasteiger charge is 2.62. The van der Waals surface area contributed by atoms with E-state index in [2.05, 4.69) is 34.9 Å². The zero-order valence-corrected chi connectivity index (χ0v) is 32.4. The fourth-order valence-electron chi connectivity index (χ4n) is 8.68. The Bertz CT molecular complexity index is 1790. The lowest BCUT2D eigenvalue weighted by atomic mass is 9.85. The van der Waals surface area contributed by atoms with E-state index in [0.717, 1.165) is 43.2 Å². The maximum atomic E-state index is 14.7. The molecule has 1 aromatic rings. The lowest BCUT2D eigenvalue weighted by Crippen LogP contribution is -2.60. The second kappa shape index (κ2) is 13.7. The van der Waals surface area contributed by atoms with Gasteiger partial charge in [-0.2, -0.15) is 0 Å². The van der Waals surface area contributed by atoms with E-state index in [-0.39, 0.29) is 30.9 Å². The number of ether oxygens (including phenoxy) is 2. The van der Waals surface area contributed by atoms with Crippen LogP contribution < -0.4 is 15.4 Å². The molecule has 3 saturated carbocycles. The Kier molecular flexibility index (Phi) is 9.75. The second-order valence-corrected chi connectivity index (χ2v) is 19.5. The van der Waals surface area contributed by atoms with Crippen LogP contribution >= 0.6 is 0 Å². The van der Waals surface area contributed by atoms with E-state index < -0.39 is 74.5 Å². The molecule has 14 heteroatoms. The summed E-state index contributed by atoms with van der Waals surface area (Å²) in [4.78, 5) is 59.3. The van der Waals surface area contributed by atoms with Crippen LogP contribution in [0.2, 0.25) is 0 Å². The van der Waals surface area contributed by atoms with Gasteiger partial charge in [-0.1, -0.05) is 51.5 Å². The Hall–Kier alpha value is -3.49. The summed E-state index contributed by atoms with van der Waals surface area (Å²) < 4.78 is 40.2. The zero-order valence-electron chi connectivity index (χ0n) is 31.6. The van der Waals surface area contributed by atoms with Crippen molar-refractivity contribution in [2.75, 3.05) is 6.54 Å². The highest BCUT2D eigenvalue weighted by molar-refractivity contribution is 7.91. The van der Waals surface area contributed by atoms with Gasteiger partial charge in [0, 0.05) is 25.4 Å². The molecule has 1 aromatic carbocycles. The van der Waals surface area contributed by atoms with Gasteiger partial charge in [-0.3, -0.25) is 29.3 Å². The van der Waals surface area contributed by atoms with Crippen LogP contribution in [0.3, 0.4) is 0 Å². The molecule has 13 nitrogen and oxygen atoms in total. The fraction of sp³-hybridized carbons (Fsp3) is 0.692. The summed E-state index contributed by atoms with van der Waals surface area (Å²) >= 11 is 0. The molecule has 3 heterocycles. The predicted octanol–water partition coefficient (Wildman–Crippen LogP) is 3.65. The first kappa shape index (κ1) is 37.8. The normalized spacial score (nSPS) is 34.8. The minimum Gasteiger partial charge on any atom is -0.444 e. The molecule has 8 atom stereocenters. The molecular weight excluding hydrogens is 699 g/mol. The Balaban J connectivity index is 1.16. The Morgan fingerprint density at radius 2 is 1.81 bits per heavy atom. The van der Waals surface area contributed by atoms with E-state index in [1.165, 1.54) is 16.5 Å². The molecule has 1 saturated heterocycles. The summed E-state index contributed by atoms with van der Waals surface area (Å²) in [6.45, 7) is 14.5. The Morgan fingerprint density at radius 1 is 1.08 bits per heavy atom. The Labute approximate surface area is 313 Å². The maximum absolute atomic E-state index is 14.7. The van der Waals surface area contributed by atoms with Crippen molar-refractivity contribution in [2.24, 2.45) is 17.3 Å². The van der Waals surface area contributed by atoms with E-state index in [9.17, 15) is 27.6 Å². The van der Waals surface area contributed by atoms with Crippen LogP contribution in [-0.2, 0) is 53.4 Å². The van der Waals surface area contributed by atoms with Gasteiger partial charge in [0.05, 0.1) is 23.4 Å². The number of benzene rings is 1. The topological polar surface area (TPSA) is 163 Å².